The highest BCUT2D eigenvalue weighted by molar-refractivity contribution is 5.83. The number of fused-ring (bicyclic) bond motifs is 1. The van der Waals surface area contributed by atoms with Crippen LogP contribution in [0, 0.1) is 13.8 Å². The van der Waals surface area contributed by atoms with Gasteiger partial charge in [-0.2, -0.15) is 0 Å². The van der Waals surface area contributed by atoms with Gasteiger partial charge < -0.3 is 15.0 Å². The van der Waals surface area contributed by atoms with Gasteiger partial charge >= 0.3 is 0 Å². The van der Waals surface area contributed by atoms with E-state index in [-0.39, 0.29) is 5.56 Å². The number of rotatable bonds is 6. The van der Waals surface area contributed by atoms with Crippen molar-refractivity contribution in [1.82, 2.24) is 10.3 Å². The summed E-state index contributed by atoms with van der Waals surface area (Å²) >= 11 is 0. The highest BCUT2D eigenvalue weighted by atomic mass is 16.5. The number of benzene rings is 2. The molecule has 0 fully saturated rings. The van der Waals surface area contributed by atoms with Gasteiger partial charge in [0.1, 0.15) is 5.75 Å². The quantitative estimate of drug-likeness (QED) is 0.678. The van der Waals surface area contributed by atoms with Crippen molar-refractivity contribution in [1.29, 1.82) is 0 Å². The van der Waals surface area contributed by atoms with E-state index in [2.05, 4.69) is 35.4 Å². The lowest BCUT2D eigenvalue weighted by atomic mass is 10.0. The number of H-pyrrole nitrogens is 1. The predicted octanol–water partition coefficient (Wildman–Crippen LogP) is 3.49. The van der Waals surface area contributed by atoms with Gasteiger partial charge in [-0.3, -0.25) is 4.79 Å². The van der Waals surface area contributed by atoms with Gasteiger partial charge in [0.25, 0.3) is 5.56 Å². The molecule has 0 saturated heterocycles. The van der Waals surface area contributed by atoms with Crippen LogP contribution in [0.4, 0.5) is 0 Å². The van der Waals surface area contributed by atoms with Crippen LogP contribution in [0.5, 0.6) is 5.75 Å². The van der Waals surface area contributed by atoms with Crippen molar-refractivity contribution in [3.8, 4) is 5.75 Å². The number of hydrogen-bond donors (Lipinski definition) is 2. The maximum atomic E-state index is 12.3. The van der Waals surface area contributed by atoms with E-state index in [4.69, 9.17) is 4.74 Å². The molecule has 3 aromatic rings. The number of methoxy groups -OCH3 is 1. The molecule has 0 saturated carbocycles. The summed E-state index contributed by atoms with van der Waals surface area (Å²) in [6.45, 7) is 5.46. The van der Waals surface area contributed by atoms with Crippen LogP contribution in [0.25, 0.3) is 10.9 Å². The molecule has 1 heterocycles. The Hall–Kier alpha value is -2.59. The number of aromatic amines is 1. The molecule has 0 atom stereocenters. The highest BCUT2D eigenvalue weighted by Crippen LogP contribution is 2.18. The molecular formula is C21H24N2O2. The third kappa shape index (κ3) is 3.91. The first-order valence-corrected chi connectivity index (χ1v) is 8.54. The third-order valence-electron chi connectivity index (χ3n) is 4.67. The Kier molecular flexibility index (Phi) is 5.19. The largest absolute Gasteiger partial charge is 0.497 e. The summed E-state index contributed by atoms with van der Waals surface area (Å²) in [5.74, 6) is 0.870. The molecule has 1 aromatic heterocycles. The molecular weight excluding hydrogens is 312 g/mol. The zero-order valence-electron chi connectivity index (χ0n) is 15.0. The molecule has 0 spiro atoms. The average Bonchev–Trinajstić information content (AvgIpc) is 2.63. The van der Waals surface area contributed by atoms with Gasteiger partial charge in [-0.05, 0) is 67.1 Å². The minimum absolute atomic E-state index is 0.0184. The summed E-state index contributed by atoms with van der Waals surface area (Å²) in [4.78, 5) is 15.4. The zero-order valence-corrected chi connectivity index (χ0v) is 15.0. The molecule has 0 bridgehead atoms. The van der Waals surface area contributed by atoms with Gasteiger partial charge in [-0.1, -0.05) is 24.3 Å². The Morgan fingerprint density at radius 1 is 1.12 bits per heavy atom. The second kappa shape index (κ2) is 7.53. The summed E-state index contributed by atoms with van der Waals surface area (Å²) < 4.78 is 5.24. The molecule has 2 aromatic carbocycles. The minimum atomic E-state index is -0.0184. The van der Waals surface area contributed by atoms with Gasteiger partial charge in [0.2, 0.25) is 0 Å². The molecule has 4 heteroatoms. The van der Waals surface area contributed by atoms with Crippen LogP contribution in [0.2, 0.25) is 0 Å². The van der Waals surface area contributed by atoms with Crippen molar-refractivity contribution in [3.05, 3.63) is 75.1 Å². The molecule has 0 unspecified atom stereocenters. The normalized spacial score (nSPS) is 11.0. The number of nitrogens with one attached hydrogen (secondary N) is 2. The molecule has 2 N–H and O–H groups in total. The summed E-state index contributed by atoms with van der Waals surface area (Å²) in [5, 5.41) is 4.43. The van der Waals surface area contributed by atoms with Gasteiger partial charge in [-0.15, -0.1) is 0 Å². The van der Waals surface area contributed by atoms with Crippen LogP contribution in [0.1, 0.15) is 22.3 Å². The molecule has 3 rings (SSSR count). The van der Waals surface area contributed by atoms with Crippen molar-refractivity contribution in [3.63, 3.8) is 0 Å². The van der Waals surface area contributed by atoms with Crippen LogP contribution in [0.15, 0.2) is 47.3 Å². The molecule has 130 valence electrons. The van der Waals surface area contributed by atoms with E-state index in [0.717, 1.165) is 40.7 Å². The Morgan fingerprint density at radius 2 is 1.96 bits per heavy atom. The van der Waals surface area contributed by atoms with E-state index < -0.39 is 0 Å². The van der Waals surface area contributed by atoms with E-state index in [1.54, 1.807) is 7.11 Å². The van der Waals surface area contributed by atoms with Gasteiger partial charge in [-0.25, -0.2) is 0 Å². The fourth-order valence-corrected chi connectivity index (χ4v) is 2.99. The number of ether oxygens (including phenoxy) is 1. The first-order chi connectivity index (χ1) is 12.1. The standard InChI is InChI=1S/C21H24N2O2/c1-14-7-8-17-12-18(21(24)23-20(17)15(14)2)13-22-10-9-16-5-4-6-19(11-16)25-3/h4-8,11-12,22H,9-10,13H2,1-3H3,(H,23,24). The Bertz CT molecular complexity index is 944. The smallest absolute Gasteiger partial charge is 0.252 e. The molecule has 0 radical (unpaired) electrons. The van der Waals surface area contributed by atoms with Crippen LogP contribution >= 0.6 is 0 Å². The Balaban J connectivity index is 1.66. The monoisotopic (exact) mass is 336 g/mol. The van der Waals surface area contributed by atoms with Crippen molar-refractivity contribution < 1.29 is 4.74 Å². The molecule has 0 aliphatic carbocycles. The summed E-state index contributed by atoms with van der Waals surface area (Å²) in [6.07, 6.45) is 0.890. The average molecular weight is 336 g/mol. The zero-order chi connectivity index (χ0) is 17.8. The lowest BCUT2D eigenvalue weighted by Crippen LogP contribution is -2.23. The van der Waals surface area contributed by atoms with Crippen LogP contribution in [-0.2, 0) is 13.0 Å². The molecule has 0 aliphatic heterocycles. The van der Waals surface area contributed by atoms with Crippen molar-refractivity contribution in [2.45, 2.75) is 26.8 Å². The minimum Gasteiger partial charge on any atom is -0.497 e. The van der Waals surface area contributed by atoms with Crippen LogP contribution in [0.3, 0.4) is 0 Å². The lowest BCUT2D eigenvalue weighted by molar-refractivity contribution is 0.414. The fraction of sp³-hybridized carbons (Fsp3) is 0.286. The van der Waals surface area contributed by atoms with Gasteiger partial charge in [0.15, 0.2) is 0 Å². The summed E-state index contributed by atoms with van der Waals surface area (Å²) in [5.41, 5.74) is 5.21. The first-order valence-electron chi connectivity index (χ1n) is 8.54. The van der Waals surface area contributed by atoms with E-state index in [0.29, 0.717) is 6.54 Å². The molecule has 4 nitrogen and oxygen atoms in total. The number of pyridine rings is 1. The van der Waals surface area contributed by atoms with Crippen molar-refractivity contribution in [2.75, 3.05) is 13.7 Å². The topological polar surface area (TPSA) is 54.1 Å². The maximum absolute atomic E-state index is 12.3. The maximum Gasteiger partial charge on any atom is 0.252 e. The second-order valence-electron chi connectivity index (χ2n) is 6.37. The predicted molar refractivity (Wildman–Crippen MR) is 102 cm³/mol. The van der Waals surface area contributed by atoms with Gasteiger partial charge in [0.05, 0.1) is 12.6 Å². The van der Waals surface area contributed by atoms with E-state index >= 15 is 0 Å². The highest BCUT2D eigenvalue weighted by Gasteiger charge is 2.06. The molecule has 0 aliphatic rings. The molecule has 25 heavy (non-hydrogen) atoms. The fourth-order valence-electron chi connectivity index (χ4n) is 2.99. The second-order valence-corrected chi connectivity index (χ2v) is 6.37. The van der Waals surface area contributed by atoms with Crippen molar-refractivity contribution in [2.24, 2.45) is 0 Å². The van der Waals surface area contributed by atoms with E-state index in [1.807, 2.05) is 31.2 Å². The van der Waals surface area contributed by atoms with Crippen molar-refractivity contribution >= 4 is 10.9 Å². The number of hydrogen-bond acceptors (Lipinski definition) is 3. The first kappa shape index (κ1) is 17.2. The Labute approximate surface area is 147 Å². The summed E-state index contributed by atoms with van der Waals surface area (Å²) in [6, 6.07) is 14.2. The van der Waals surface area contributed by atoms with Crippen LogP contribution < -0.4 is 15.6 Å². The van der Waals surface area contributed by atoms with Crippen LogP contribution in [-0.4, -0.2) is 18.6 Å². The third-order valence-corrected chi connectivity index (χ3v) is 4.67. The van der Waals surface area contributed by atoms with E-state index in [1.165, 1.54) is 11.1 Å². The van der Waals surface area contributed by atoms with E-state index in [9.17, 15) is 4.79 Å². The molecule has 0 amide bonds. The van der Waals surface area contributed by atoms with Gasteiger partial charge in [0, 0.05) is 12.1 Å². The Morgan fingerprint density at radius 3 is 2.76 bits per heavy atom. The summed E-state index contributed by atoms with van der Waals surface area (Å²) in [7, 11) is 1.67. The number of aromatic nitrogens is 1. The SMILES string of the molecule is COc1cccc(CCNCc2cc3ccc(C)c(C)c3[nH]c2=O)c1. The number of aryl methyl sites for hydroxylation is 2. The lowest BCUT2D eigenvalue weighted by Gasteiger charge is -2.09.